The van der Waals surface area contributed by atoms with Gasteiger partial charge in [0.1, 0.15) is 11.2 Å². The molecule has 0 fully saturated rings. The minimum atomic E-state index is -0.426. The van der Waals surface area contributed by atoms with E-state index in [0.29, 0.717) is 0 Å². The predicted molar refractivity (Wildman–Crippen MR) is 247 cm³/mol. The van der Waals surface area contributed by atoms with Gasteiger partial charge in [-0.3, -0.25) is 0 Å². The molecule has 2 rings (SSSR count). The Morgan fingerprint density at radius 3 is 0.679 bits per heavy atom. The Morgan fingerprint density at radius 1 is 0.268 bits per heavy atom. The maximum atomic E-state index is 7.30. The molecular formula is C54H94O2. The van der Waals surface area contributed by atoms with Gasteiger partial charge in [-0.2, -0.15) is 0 Å². The average molecular weight is 775 g/mol. The van der Waals surface area contributed by atoms with Crippen molar-refractivity contribution in [1.29, 1.82) is 0 Å². The fraction of sp³-hybridized carbons (Fsp3) is 0.778. The van der Waals surface area contributed by atoms with E-state index in [-0.39, 0.29) is 0 Å². The second-order valence-electron chi connectivity index (χ2n) is 17.8. The third-order valence-corrected chi connectivity index (χ3v) is 12.7. The van der Waals surface area contributed by atoms with Gasteiger partial charge >= 0.3 is 0 Å². The fourth-order valence-corrected chi connectivity index (χ4v) is 8.91. The Morgan fingerprint density at radius 2 is 0.464 bits per heavy atom. The summed E-state index contributed by atoms with van der Waals surface area (Å²) in [6.07, 6.45) is 46.6. The normalized spacial score (nSPS) is 12.1. The van der Waals surface area contributed by atoms with Crippen LogP contribution >= 0.6 is 0 Å². The van der Waals surface area contributed by atoms with Crippen LogP contribution < -0.4 is 0 Å². The number of hydrogen-bond donors (Lipinski definition) is 0. The molecular weight excluding hydrogens is 681 g/mol. The molecule has 0 saturated carbocycles. The maximum absolute atomic E-state index is 7.30. The van der Waals surface area contributed by atoms with Crippen LogP contribution in [0.1, 0.15) is 270 Å². The summed E-state index contributed by atoms with van der Waals surface area (Å²) in [5, 5.41) is 0. The highest BCUT2D eigenvalue weighted by atomic mass is 17.2. The van der Waals surface area contributed by atoms with Crippen LogP contribution in [0.5, 0.6) is 0 Å². The number of unbranched alkanes of at least 4 members (excludes halogenated alkanes) is 28. The third-order valence-electron chi connectivity index (χ3n) is 12.7. The lowest BCUT2D eigenvalue weighted by Gasteiger charge is -2.40. The van der Waals surface area contributed by atoms with Gasteiger partial charge in [0.25, 0.3) is 0 Å². The molecule has 0 unspecified atom stereocenters. The Labute approximate surface area is 350 Å². The smallest absolute Gasteiger partial charge is 0.128 e. The van der Waals surface area contributed by atoms with Crippen molar-refractivity contribution in [1.82, 2.24) is 0 Å². The molecule has 0 aliphatic carbocycles. The highest BCUT2D eigenvalue weighted by Crippen LogP contribution is 2.44. The maximum Gasteiger partial charge on any atom is 0.128 e. The van der Waals surface area contributed by atoms with E-state index in [0.717, 1.165) is 25.7 Å². The minimum absolute atomic E-state index is 0.426. The summed E-state index contributed by atoms with van der Waals surface area (Å²) >= 11 is 0. The van der Waals surface area contributed by atoms with Gasteiger partial charge in [0.15, 0.2) is 0 Å². The van der Waals surface area contributed by atoms with Crippen molar-refractivity contribution in [3.8, 4) is 0 Å². The summed E-state index contributed by atoms with van der Waals surface area (Å²) in [5.41, 5.74) is 1.77. The van der Waals surface area contributed by atoms with Gasteiger partial charge in [-0.1, -0.05) is 294 Å². The van der Waals surface area contributed by atoms with Gasteiger partial charge in [0, 0.05) is 0 Å². The summed E-state index contributed by atoms with van der Waals surface area (Å²) in [7, 11) is 0. The molecule has 0 heterocycles. The van der Waals surface area contributed by atoms with E-state index < -0.39 is 11.2 Å². The van der Waals surface area contributed by atoms with E-state index in [2.05, 4.69) is 88.4 Å². The van der Waals surface area contributed by atoms with E-state index in [4.69, 9.17) is 9.78 Å². The lowest BCUT2D eigenvalue weighted by Crippen LogP contribution is -2.37. The van der Waals surface area contributed by atoms with Crippen molar-refractivity contribution in [2.45, 2.75) is 270 Å². The van der Waals surface area contributed by atoms with Crippen molar-refractivity contribution in [3.05, 3.63) is 71.8 Å². The molecule has 2 aromatic rings. The number of rotatable bonds is 41. The summed E-state index contributed by atoms with van der Waals surface area (Å²) in [6.45, 7) is 9.26. The molecule has 0 bridgehead atoms. The first-order valence-corrected chi connectivity index (χ1v) is 25.1. The quantitative estimate of drug-likeness (QED) is 0.0381. The van der Waals surface area contributed by atoms with Gasteiger partial charge in [-0.15, -0.1) is 0 Å². The molecule has 0 amide bonds. The van der Waals surface area contributed by atoms with Gasteiger partial charge in [-0.25, -0.2) is 9.78 Å². The summed E-state index contributed by atoms with van der Waals surface area (Å²) < 4.78 is 0. The van der Waals surface area contributed by atoms with Crippen molar-refractivity contribution in [3.63, 3.8) is 0 Å². The van der Waals surface area contributed by atoms with Crippen LogP contribution in [-0.2, 0) is 21.0 Å². The average Bonchev–Trinajstić information content (AvgIpc) is 3.23. The summed E-state index contributed by atoms with van der Waals surface area (Å²) in [5.74, 6) is 0. The van der Waals surface area contributed by atoms with Gasteiger partial charge < -0.3 is 0 Å². The zero-order valence-corrected chi connectivity index (χ0v) is 38.0. The van der Waals surface area contributed by atoms with Crippen molar-refractivity contribution in [2.75, 3.05) is 0 Å². The Kier molecular flexibility index (Phi) is 31.9. The van der Waals surface area contributed by atoms with E-state index in [1.807, 2.05) is 0 Å². The van der Waals surface area contributed by atoms with Crippen LogP contribution in [0.4, 0.5) is 0 Å². The molecule has 0 aliphatic heterocycles. The first-order chi connectivity index (χ1) is 27.7. The van der Waals surface area contributed by atoms with E-state index in [9.17, 15) is 0 Å². The van der Waals surface area contributed by atoms with Crippen LogP contribution in [0.2, 0.25) is 0 Å². The Balaban J connectivity index is 2.33. The van der Waals surface area contributed by atoms with Crippen molar-refractivity contribution >= 4 is 0 Å². The molecule has 0 N–H and O–H groups in total. The lowest BCUT2D eigenvalue weighted by atomic mass is 9.82. The largest absolute Gasteiger partial charge is 0.224 e. The molecule has 0 aliphatic rings. The summed E-state index contributed by atoms with van der Waals surface area (Å²) in [4.78, 5) is 14.6. The van der Waals surface area contributed by atoms with Crippen LogP contribution in [0.15, 0.2) is 60.7 Å². The molecule has 2 nitrogen and oxygen atoms in total. The monoisotopic (exact) mass is 775 g/mol. The second kappa shape index (κ2) is 35.3. The first-order valence-electron chi connectivity index (χ1n) is 25.1. The predicted octanol–water partition coefficient (Wildman–Crippen LogP) is 18.8. The van der Waals surface area contributed by atoms with Gasteiger partial charge in [0.2, 0.25) is 0 Å². The first kappa shape index (κ1) is 50.5. The standard InChI is InChI=1S/C54H94O2/c1-5-9-13-17-21-25-29-39-47-53(51-43-35-33-36-44-51,48-40-30-26-22-18-14-10-6-2)55-56-54(52-45-37-34-38-46-52,49-41-31-27-23-19-15-11-7-3)50-42-32-28-24-20-16-12-8-4/h33-38,43-46H,5-32,39-42,47-50H2,1-4H3. The molecule has 56 heavy (non-hydrogen) atoms. The molecule has 0 atom stereocenters. The molecule has 0 radical (unpaired) electrons. The van der Waals surface area contributed by atoms with Gasteiger partial charge in [-0.05, 0) is 36.8 Å². The van der Waals surface area contributed by atoms with Crippen molar-refractivity contribution < 1.29 is 9.78 Å². The number of hydrogen-bond acceptors (Lipinski definition) is 2. The molecule has 0 aromatic heterocycles. The molecule has 0 spiro atoms. The highest BCUT2D eigenvalue weighted by molar-refractivity contribution is 5.24. The summed E-state index contributed by atoms with van der Waals surface area (Å²) in [6, 6.07) is 22.6. The van der Waals surface area contributed by atoms with Crippen LogP contribution in [0.3, 0.4) is 0 Å². The fourth-order valence-electron chi connectivity index (χ4n) is 8.91. The van der Waals surface area contributed by atoms with Crippen LogP contribution in [0.25, 0.3) is 0 Å². The Bertz CT molecular complexity index is 953. The third kappa shape index (κ3) is 23.1. The zero-order chi connectivity index (χ0) is 40.1. The van der Waals surface area contributed by atoms with E-state index in [1.165, 1.54) is 217 Å². The highest BCUT2D eigenvalue weighted by Gasteiger charge is 2.40. The molecule has 2 heteroatoms. The number of benzene rings is 2. The molecule has 2 aromatic carbocycles. The topological polar surface area (TPSA) is 18.5 Å². The zero-order valence-electron chi connectivity index (χ0n) is 38.0. The SMILES string of the molecule is CCCCCCCCCCC(CCCCCCCCCC)(OOC(CCCCCCCCCC)(CCCCCCCCCC)c1ccccc1)c1ccccc1. The Hall–Kier alpha value is -1.64. The van der Waals surface area contributed by atoms with E-state index in [1.54, 1.807) is 0 Å². The van der Waals surface area contributed by atoms with Crippen LogP contribution in [0, 0.1) is 0 Å². The van der Waals surface area contributed by atoms with Crippen LogP contribution in [-0.4, -0.2) is 0 Å². The lowest BCUT2D eigenvalue weighted by molar-refractivity contribution is -0.430. The van der Waals surface area contributed by atoms with E-state index >= 15 is 0 Å². The molecule has 322 valence electrons. The minimum Gasteiger partial charge on any atom is -0.224 e. The second-order valence-corrected chi connectivity index (χ2v) is 17.8. The molecule has 0 saturated heterocycles. The van der Waals surface area contributed by atoms with Gasteiger partial charge in [0.05, 0.1) is 0 Å². The van der Waals surface area contributed by atoms with Crippen molar-refractivity contribution in [2.24, 2.45) is 0 Å².